The molecule has 0 aromatic heterocycles. The zero-order valence-electron chi connectivity index (χ0n) is 21.2. The molecule has 2 aromatic rings. The van der Waals surface area contributed by atoms with E-state index >= 15 is 0 Å². The maximum absolute atomic E-state index is 12.4. The van der Waals surface area contributed by atoms with Crippen LogP contribution in [0.4, 0.5) is 0 Å². The molecule has 2 aromatic carbocycles. The van der Waals surface area contributed by atoms with Gasteiger partial charge in [0.05, 0.1) is 45.6 Å². The normalized spacial score (nSPS) is 23.7. The highest BCUT2D eigenvalue weighted by Gasteiger charge is 2.48. The Kier molecular flexibility index (Phi) is 11.4. The molecule has 0 bridgehead atoms. The predicted octanol–water partition coefficient (Wildman–Crippen LogP) is 4.05. The number of esters is 2. The summed E-state index contributed by atoms with van der Waals surface area (Å²) in [7, 11) is 2.89. The average molecular weight is 501 g/mol. The van der Waals surface area contributed by atoms with Gasteiger partial charge in [-0.15, -0.1) is 0 Å². The zero-order valence-corrected chi connectivity index (χ0v) is 21.2. The summed E-state index contributed by atoms with van der Waals surface area (Å²) in [6.07, 6.45) is -1.90. The van der Waals surface area contributed by atoms with Gasteiger partial charge in [-0.2, -0.15) is 0 Å². The Bertz CT molecular complexity index is 920. The minimum atomic E-state index is -0.754. The Labute approximate surface area is 212 Å². The summed E-state index contributed by atoms with van der Waals surface area (Å²) in [6.45, 7) is 2.70. The number of hydrogen-bond donors (Lipinski definition) is 0. The first kappa shape index (κ1) is 27.8. The fourth-order valence-corrected chi connectivity index (χ4v) is 4.37. The van der Waals surface area contributed by atoms with E-state index < -0.39 is 36.5 Å². The van der Waals surface area contributed by atoms with Gasteiger partial charge < -0.3 is 28.4 Å². The van der Waals surface area contributed by atoms with Crippen molar-refractivity contribution >= 4 is 11.9 Å². The topological polar surface area (TPSA) is 89.5 Å². The van der Waals surface area contributed by atoms with E-state index in [0.29, 0.717) is 26.2 Å². The Morgan fingerprint density at radius 3 is 1.94 bits per heavy atom. The van der Waals surface area contributed by atoms with E-state index in [-0.39, 0.29) is 18.8 Å². The fourth-order valence-electron chi connectivity index (χ4n) is 4.37. The van der Waals surface area contributed by atoms with Crippen LogP contribution in [0.1, 0.15) is 37.3 Å². The molecule has 8 nitrogen and oxygen atoms in total. The molecular weight excluding hydrogens is 464 g/mol. The Balaban J connectivity index is 1.86. The van der Waals surface area contributed by atoms with Crippen LogP contribution >= 0.6 is 0 Å². The van der Waals surface area contributed by atoms with E-state index in [4.69, 9.17) is 28.4 Å². The molecule has 3 unspecified atom stereocenters. The Morgan fingerprint density at radius 2 is 1.42 bits per heavy atom. The van der Waals surface area contributed by atoms with E-state index in [2.05, 4.69) is 0 Å². The third-order valence-electron chi connectivity index (χ3n) is 6.17. The van der Waals surface area contributed by atoms with Crippen LogP contribution in [-0.4, -0.2) is 57.4 Å². The molecule has 8 heteroatoms. The van der Waals surface area contributed by atoms with Crippen LogP contribution in [0.3, 0.4) is 0 Å². The minimum absolute atomic E-state index is 0.0467. The summed E-state index contributed by atoms with van der Waals surface area (Å²) in [4.78, 5) is 24.5. The zero-order chi connectivity index (χ0) is 25.8. The summed E-state index contributed by atoms with van der Waals surface area (Å²) in [5.74, 6) is -1.14. The van der Waals surface area contributed by atoms with Crippen LogP contribution in [0.5, 0.6) is 0 Å². The maximum Gasteiger partial charge on any atom is 0.305 e. The fraction of sp³-hybridized carbons (Fsp3) is 0.500. The van der Waals surface area contributed by atoms with Gasteiger partial charge in [0.15, 0.2) is 6.29 Å². The lowest BCUT2D eigenvalue weighted by molar-refractivity contribution is -0.301. The first-order valence-electron chi connectivity index (χ1n) is 12.3. The molecule has 0 amide bonds. The van der Waals surface area contributed by atoms with Crippen molar-refractivity contribution in [2.45, 2.75) is 64.0 Å². The molecule has 1 heterocycles. The molecule has 1 saturated heterocycles. The third kappa shape index (κ3) is 8.13. The van der Waals surface area contributed by atoms with Crippen molar-refractivity contribution in [3.8, 4) is 0 Å². The number of ether oxygens (including phenoxy) is 6. The van der Waals surface area contributed by atoms with Gasteiger partial charge in [-0.1, -0.05) is 60.7 Å². The first-order chi connectivity index (χ1) is 17.5. The van der Waals surface area contributed by atoms with E-state index in [1.54, 1.807) is 14.0 Å². The lowest BCUT2D eigenvalue weighted by Crippen LogP contribution is -2.57. The second-order valence-corrected chi connectivity index (χ2v) is 8.59. The molecule has 3 rings (SSSR count). The molecule has 0 saturated carbocycles. The quantitative estimate of drug-likeness (QED) is 0.381. The summed E-state index contributed by atoms with van der Waals surface area (Å²) < 4.78 is 34.8. The second-order valence-electron chi connectivity index (χ2n) is 8.59. The highest BCUT2D eigenvalue weighted by atomic mass is 16.7. The van der Waals surface area contributed by atoms with E-state index in [0.717, 1.165) is 11.1 Å². The van der Waals surface area contributed by atoms with Crippen molar-refractivity contribution in [2.24, 2.45) is 5.92 Å². The smallest absolute Gasteiger partial charge is 0.305 e. The van der Waals surface area contributed by atoms with E-state index in [9.17, 15) is 9.59 Å². The lowest BCUT2D eigenvalue weighted by atomic mass is 9.84. The number of benzene rings is 2. The van der Waals surface area contributed by atoms with E-state index in [1.807, 2.05) is 60.7 Å². The van der Waals surface area contributed by atoms with Gasteiger partial charge in [0.25, 0.3) is 0 Å². The standard InChI is InChI=1S/C28H36O8/c1-4-33-24(29)16-15-23-22(17-25(30)31-2)26(34-18-20-11-7-5-8-12-20)27(28(32-3)36-23)35-19-21-13-9-6-10-14-21/h5-14,22-23,26-28H,4,15-19H2,1-3H3/t22-,23?,26?,27?,28-/m0/s1. The van der Waals surface area contributed by atoms with Crippen LogP contribution in [0.2, 0.25) is 0 Å². The molecule has 0 spiro atoms. The molecule has 0 N–H and O–H groups in total. The van der Waals surface area contributed by atoms with Gasteiger partial charge in [0.2, 0.25) is 0 Å². The highest BCUT2D eigenvalue weighted by Crippen LogP contribution is 2.36. The van der Waals surface area contributed by atoms with Crippen LogP contribution in [0.15, 0.2) is 60.7 Å². The number of carbonyl (C=O) groups excluding carboxylic acids is 2. The third-order valence-corrected chi connectivity index (χ3v) is 6.17. The van der Waals surface area contributed by atoms with Crippen molar-refractivity contribution < 1.29 is 38.0 Å². The van der Waals surface area contributed by atoms with Crippen molar-refractivity contribution in [3.63, 3.8) is 0 Å². The highest BCUT2D eigenvalue weighted by molar-refractivity contribution is 5.70. The van der Waals surface area contributed by atoms with Gasteiger partial charge in [0, 0.05) is 19.4 Å². The van der Waals surface area contributed by atoms with Crippen LogP contribution in [-0.2, 0) is 51.2 Å². The largest absolute Gasteiger partial charge is 0.469 e. The molecule has 1 fully saturated rings. The van der Waals surface area contributed by atoms with Gasteiger partial charge >= 0.3 is 11.9 Å². The summed E-state index contributed by atoms with van der Waals surface area (Å²) in [5.41, 5.74) is 1.97. The van der Waals surface area contributed by atoms with Crippen molar-refractivity contribution in [3.05, 3.63) is 71.8 Å². The summed E-state index contributed by atoms with van der Waals surface area (Å²) >= 11 is 0. The van der Waals surface area contributed by atoms with Crippen molar-refractivity contribution in [2.75, 3.05) is 20.8 Å². The van der Waals surface area contributed by atoms with Crippen molar-refractivity contribution in [1.82, 2.24) is 0 Å². The van der Waals surface area contributed by atoms with Crippen LogP contribution < -0.4 is 0 Å². The predicted molar refractivity (Wildman–Crippen MR) is 132 cm³/mol. The SMILES string of the molecule is CCOC(=O)CCC1O[C@H](OC)C(OCc2ccccc2)C(OCc2ccccc2)[C@H]1CC(=O)OC. The molecule has 196 valence electrons. The number of rotatable bonds is 13. The second kappa shape index (κ2) is 14.7. The monoisotopic (exact) mass is 500 g/mol. The number of methoxy groups -OCH3 is 2. The molecule has 1 aliphatic heterocycles. The summed E-state index contributed by atoms with van der Waals surface area (Å²) in [5, 5.41) is 0. The lowest BCUT2D eigenvalue weighted by Gasteiger charge is -2.45. The number of hydrogen-bond acceptors (Lipinski definition) is 8. The van der Waals surface area contributed by atoms with Gasteiger partial charge in [0.1, 0.15) is 6.10 Å². The Hall–Kier alpha value is -2.78. The number of carbonyl (C=O) groups is 2. The van der Waals surface area contributed by atoms with E-state index in [1.165, 1.54) is 7.11 Å². The molecule has 1 aliphatic rings. The van der Waals surface area contributed by atoms with Gasteiger partial charge in [-0.25, -0.2) is 0 Å². The molecule has 5 atom stereocenters. The minimum Gasteiger partial charge on any atom is -0.469 e. The molecule has 36 heavy (non-hydrogen) atoms. The van der Waals surface area contributed by atoms with Gasteiger partial charge in [-0.05, 0) is 24.5 Å². The summed E-state index contributed by atoms with van der Waals surface area (Å²) in [6, 6.07) is 19.5. The first-order valence-corrected chi connectivity index (χ1v) is 12.3. The van der Waals surface area contributed by atoms with Crippen LogP contribution in [0, 0.1) is 5.92 Å². The molecular formula is C28H36O8. The average Bonchev–Trinajstić information content (AvgIpc) is 2.91. The maximum atomic E-state index is 12.4. The van der Waals surface area contributed by atoms with Crippen molar-refractivity contribution in [1.29, 1.82) is 0 Å². The van der Waals surface area contributed by atoms with Gasteiger partial charge in [-0.3, -0.25) is 9.59 Å². The van der Waals surface area contributed by atoms with Crippen LogP contribution in [0.25, 0.3) is 0 Å². The Morgan fingerprint density at radius 1 is 0.833 bits per heavy atom. The molecule has 0 radical (unpaired) electrons. The molecule has 0 aliphatic carbocycles.